The Morgan fingerprint density at radius 3 is 2.31 bits per heavy atom. The van der Waals surface area contributed by atoms with Crippen molar-refractivity contribution in [2.24, 2.45) is 0 Å². The second-order valence-corrected chi connectivity index (χ2v) is 8.49. The molecule has 2 N–H and O–H groups in total. The smallest absolute Gasteiger partial charge is 0.328 e. The molecule has 1 amide bonds. The molecule has 0 aliphatic heterocycles. The molecule has 174 valence electrons. The van der Waals surface area contributed by atoms with Gasteiger partial charge in [-0.15, -0.1) is 0 Å². The maximum Gasteiger partial charge on any atom is 0.328 e. The van der Waals surface area contributed by atoms with Gasteiger partial charge in [0.2, 0.25) is 15.9 Å². The van der Waals surface area contributed by atoms with Crippen LogP contribution in [0.15, 0.2) is 53.4 Å². The Hall–Kier alpha value is -3.11. The zero-order valence-corrected chi connectivity index (χ0v) is 19.1. The van der Waals surface area contributed by atoms with Crippen LogP contribution < -0.4 is 19.5 Å². The van der Waals surface area contributed by atoms with Crippen molar-refractivity contribution in [3.05, 3.63) is 54.1 Å². The van der Waals surface area contributed by atoms with Crippen molar-refractivity contribution in [3.63, 3.8) is 0 Å². The fourth-order valence-corrected chi connectivity index (χ4v) is 3.97. The van der Waals surface area contributed by atoms with Crippen molar-refractivity contribution in [1.82, 2.24) is 10.0 Å². The number of ether oxygens (including phenoxy) is 3. The van der Waals surface area contributed by atoms with Gasteiger partial charge in [0, 0.05) is 25.5 Å². The lowest BCUT2D eigenvalue weighted by atomic mass is 10.1. The van der Waals surface area contributed by atoms with Gasteiger partial charge >= 0.3 is 5.97 Å². The molecule has 0 radical (unpaired) electrons. The van der Waals surface area contributed by atoms with E-state index < -0.39 is 27.9 Å². The minimum absolute atomic E-state index is 0.0240. The maximum atomic E-state index is 12.5. The minimum Gasteiger partial charge on any atom is -0.493 e. The molecular weight excluding hydrogens is 436 g/mol. The topological polar surface area (TPSA) is 120 Å². The van der Waals surface area contributed by atoms with Crippen LogP contribution in [0.25, 0.3) is 0 Å². The zero-order chi connectivity index (χ0) is 23.6. The van der Waals surface area contributed by atoms with Crippen LogP contribution in [0.4, 0.5) is 0 Å². The lowest BCUT2D eigenvalue weighted by Gasteiger charge is -2.17. The molecular formula is C22H28N2O7S. The van der Waals surface area contributed by atoms with Crippen molar-refractivity contribution >= 4 is 21.9 Å². The Kier molecular flexibility index (Phi) is 9.48. The highest BCUT2D eigenvalue weighted by molar-refractivity contribution is 7.89. The van der Waals surface area contributed by atoms with Crippen molar-refractivity contribution in [2.45, 2.75) is 30.7 Å². The van der Waals surface area contributed by atoms with Crippen LogP contribution in [-0.2, 0) is 30.8 Å². The summed E-state index contributed by atoms with van der Waals surface area (Å²) in [7, 11) is -1.02. The molecule has 0 heterocycles. The minimum atomic E-state index is -3.87. The standard InChI is InChI=1S/C22H28N2O7S/c1-4-31-22(26)18(14-16-8-6-5-7-9-16)24-21(25)12-13-23-32(27,28)17-10-11-19(29-2)20(15-17)30-3/h5-11,15,18,23H,4,12-14H2,1-3H3,(H,24,25). The van der Waals surface area contributed by atoms with Crippen molar-refractivity contribution < 1.29 is 32.2 Å². The van der Waals surface area contributed by atoms with Crippen LogP contribution in [0, 0.1) is 0 Å². The molecule has 0 aliphatic rings. The Morgan fingerprint density at radius 2 is 1.69 bits per heavy atom. The normalized spacial score (nSPS) is 12.0. The molecule has 1 unspecified atom stereocenters. The number of rotatable bonds is 12. The van der Waals surface area contributed by atoms with Gasteiger partial charge in [0.1, 0.15) is 6.04 Å². The molecule has 0 saturated heterocycles. The van der Waals surface area contributed by atoms with Gasteiger partial charge in [-0.2, -0.15) is 0 Å². The number of carbonyl (C=O) groups excluding carboxylic acids is 2. The number of hydrogen-bond acceptors (Lipinski definition) is 7. The van der Waals surface area contributed by atoms with Gasteiger partial charge in [0.05, 0.1) is 25.7 Å². The molecule has 0 saturated carbocycles. The van der Waals surface area contributed by atoms with Gasteiger partial charge in [0.15, 0.2) is 11.5 Å². The second kappa shape index (κ2) is 12.1. The number of benzene rings is 2. The number of carbonyl (C=O) groups is 2. The highest BCUT2D eigenvalue weighted by atomic mass is 32.2. The number of amides is 1. The van der Waals surface area contributed by atoms with Crippen molar-refractivity contribution in [1.29, 1.82) is 0 Å². The summed E-state index contributed by atoms with van der Waals surface area (Å²) in [4.78, 5) is 24.6. The van der Waals surface area contributed by atoms with E-state index in [-0.39, 0.29) is 36.6 Å². The SMILES string of the molecule is CCOC(=O)C(Cc1ccccc1)NC(=O)CCNS(=O)(=O)c1ccc(OC)c(OC)c1. The number of nitrogens with one attached hydrogen (secondary N) is 2. The summed E-state index contributed by atoms with van der Waals surface area (Å²) in [6.45, 7) is 1.72. The van der Waals surface area contributed by atoms with Crippen LogP contribution in [0.1, 0.15) is 18.9 Å². The number of methoxy groups -OCH3 is 2. The first kappa shape index (κ1) is 25.2. The van der Waals surface area contributed by atoms with Crippen molar-refractivity contribution in [2.75, 3.05) is 27.4 Å². The lowest BCUT2D eigenvalue weighted by Crippen LogP contribution is -2.44. The van der Waals surface area contributed by atoms with Crippen LogP contribution in [0.2, 0.25) is 0 Å². The van der Waals surface area contributed by atoms with E-state index in [1.807, 2.05) is 30.3 Å². The molecule has 0 spiro atoms. The van der Waals surface area contributed by atoms with E-state index in [0.717, 1.165) is 5.56 Å². The monoisotopic (exact) mass is 464 g/mol. The van der Waals surface area contributed by atoms with Gasteiger partial charge in [-0.1, -0.05) is 30.3 Å². The molecule has 2 rings (SSSR count). The predicted octanol–water partition coefficient (Wildman–Crippen LogP) is 1.66. The molecule has 0 aromatic heterocycles. The van der Waals surface area contributed by atoms with Crippen molar-refractivity contribution in [3.8, 4) is 11.5 Å². The van der Waals surface area contributed by atoms with Gasteiger partial charge in [-0.3, -0.25) is 4.79 Å². The fraction of sp³-hybridized carbons (Fsp3) is 0.364. The largest absolute Gasteiger partial charge is 0.493 e. The van der Waals surface area contributed by atoms with E-state index in [9.17, 15) is 18.0 Å². The molecule has 9 nitrogen and oxygen atoms in total. The highest BCUT2D eigenvalue weighted by Gasteiger charge is 2.23. The number of sulfonamides is 1. The molecule has 2 aromatic rings. The molecule has 10 heteroatoms. The quantitative estimate of drug-likeness (QED) is 0.459. The van der Waals surface area contributed by atoms with Gasteiger partial charge in [0.25, 0.3) is 0 Å². The Bertz CT molecular complexity index is 1010. The Morgan fingerprint density at radius 1 is 1.00 bits per heavy atom. The first-order valence-electron chi connectivity index (χ1n) is 10.0. The van der Waals surface area contributed by atoms with E-state index in [4.69, 9.17) is 14.2 Å². The summed E-state index contributed by atoms with van der Waals surface area (Å²) in [5, 5.41) is 2.62. The molecule has 2 aromatic carbocycles. The predicted molar refractivity (Wildman–Crippen MR) is 118 cm³/mol. The molecule has 0 fully saturated rings. The summed E-state index contributed by atoms with van der Waals surface area (Å²) in [6, 6.07) is 12.5. The lowest BCUT2D eigenvalue weighted by molar-refractivity contribution is -0.147. The average molecular weight is 465 g/mol. The van der Waals surface area contributed by atoms with E-state index >= 15 is 0 Å². The van der Waals surface area contributed by atoms with Crippen LogP contribution >= 0.6 is 0 Å². The molecule has 0 aliphatic carbocycles. The van der Waals surface area contributed by atoms with E-state index in [2.05, 4.69) is 10.0 Å². The summed E-state index contributed by atoms with van der Waals surface area (Å²) in [6.07, 6.45) is 0.111. The zero-order valence-electron chi connectivity index (χ0n) is 18.3. The Balaban J connectivity index is 1.97. The second-order valence-electron chi connectivity index (χ2n) is 6.73. The third-order valence-electron chi connectivity index (χ3n) is 4.50. The van der Waals surface area contributed by atoms with Gasteiger partial charge in [-0.05, 0) is 24.6 Å². The molecule has 32 heavy (non-hydrogen) atoms. The summed E-state index contributed by atoms with van der Waals surface area (Å²) in [5.74, 6) is -0.356. The van der Waals surface area contributed by atoms with E-state index in [1.54, 1.807) is 6.92 Å². The van der Waals surface area contributed by atoms with Gasteiger partial charge < -0.3 is 19.5 Å². The van der Waals surface area contributed by atoms with E-state index in [1.165, 1.54) is 32.4 Å². The van der Waals surface area contributed by atoms with E-state index in [0.29, 0.717) is 5.75 Å². The fourth-order valence-electron chi connectivity index (χ4n) is 2.92. The van der Waals surface area contributed by atoms with Crippen LogP contribution in [-0.4, -0.2) is 53.7 Å². The number of hydrogen-bond donors (Lipinski definition) is 2. The summed E-state index contributed by atoms with van der Waals surface area (Å²) >= 11 is 0. The Labute approximate surface area is 188 Å². The summed E-state index contributed by atoms with van der Waals surface area (Å²) < 4.78 is 42.7. The average Bonchev–Trinajstić information content (AvgIpc) is 2.78. The van der Waals surface area contributed by atoms with Crippen LogP contribution in [0.5, 0.6) is 11.5 Å². The highest BCUT2D eigenvalue weighted by Crippen LogP contribution is 2.29. The summed E-state index contributed by atoms with van der Waals surface area (Å²) in [5.41, 5.74) is 0.861. The molecule has 0 bridgehead atoms. The first-order valence-corrected chi connectivity index (χ1v) is 11.5. The molecule has 1 atom stereocenters. The first-order chi connectivity index (χ1) is 15.3. The third-order valence-corrected chi connectivity index (χ3v) is 5.96. The maximum absolute atomic E-state index is 12.5. The number of esters is 1. The van der Waals surface area contributed by atoms with Crippen LogP contribution in [0.3, 0.4) is 0 Å². The van der Waals surface area contributed by atoms with Gasteiger partial charge in [-0.25, -0.2) is 17.9 Å². The third kappa shape index (κ3) is 7.24.